The maximum atomic E-state index is 12.1. The molecule has 1 aromatic carbocycles. The summed E-state index contributed by atoms with van der Waals surface area (Å²) in [6.07, 6.45) is 2.71. The number of benzene rings is 1. The second-order valence-corrected chi connectivity index (χ2v) is 5.45. The number of aliphatic hydroxyl groups is 1. The topological polar surface area (TPSA) is 112 Å². The van der Waals surface area contributed by atoms with E-state index in [0.717, 1.165) is 4.90 Å². The lowest BCUT2D eigenvalue weighted by Gasteiger charge is -2.14. The molecule has 0 bridgehead atoms. The van der Waals surface area contributed by atoms with Gasteiger partial charge in [0.1, 0.15) is 11.4 Å². The van der Waals surface area contributed by atoms with Gasteiger partial charge in [-0.3, -0.25) is 24.3 Å². The number of imide groups is 1. The number of pyridine rings is 1. The fraction of sp³-hybridized carbons (Fsp3) is 0.111. The minimum absolute atomic E-state index is 0.0560. The number of anilines is 2. The Kier molecular flexibility index (Phi) is 5.04. The normalized spacial score (nSPS) is 13.6. The second kappa shape index (κ2) is 7.58. The zero-order valence-corrected chi connectivity index (χ0v) is 13.7. The molecule has 0 spiro atoms. The van der Waals surface area contributed by atoms with Crippen molar-refractivity contribution in [2.75, 3.05) is 23.8 Å². The van der Waals surface area contributed by atoms with Crippen molar-refractivity contribution in [3.8, 4) is 0 Å². The third-order valence-electron chi connectivity index (χ3n) is 3.63. The smallest absolute Gasteiger partial charge is 0.277 e. The van der Waals surface area contributed by atoms with Crippen LogP contribution in [0.5, 0.6) is 0 Å². The molecule has 0 aliphatic carbocycles. The first-order chi connectivity index (χ1) is 12.6. The van der Waals surface area contributed by atoms with Crippen LogP contribution in [0.1, 0.15) is 10.5 Å². The summed E-state index contributed by atoms with van der Waals surface area (Å²) in [6.45, 7) is -0.354. The Morgan fingerprint density at radius 2 is 1.92 bits per heavy atom. The number of nitrogens with zero attached hydrogens (tertiary/aromatic N) is 2. The Morgan fingerprint density at radius 1 is 1.12 bits per heavy atom. The van der Waals surface area contributed by atoms with Gasteiger partial charge >= 0.3 is 0 Å². The fourth-order valence-electron chi connectivity index (χ4n) is 2.43. The van der Waals surface area contributed by atoms with Crippen LogP contribution in [0, 0.1) is 0 Å². The lowest BCUT2D eigenvalue weighted by atomic mass is 10.2. The maximum absolute atomic E-state index is 12.1. The molecule has 1 aromatic heterocycles. The second-order valence-electron chi connectivity index (χ2n) is 5.45. The minimum Gasteiger partial charge on any atom is -0.395 e. The van der Waals surface area contributed by atoms with Gasteiger partial charge in [0, 0.05) is 23.6 Å². The van der Waals surface area contributed by atoms with Gasteiger partial charge in [0.15, 0.2) is 0 Å². The van der Waals surface area contributed by atoms with Gasteiger partial charge in [0.25, 0.3) is 17.7 Å². The van der Waals surface area contributed by atoms with Crippen molar-refractivity contribution >= 4 is 29.1 Å². The molecule has 1 aliphatic rings. The highest BCUT2D eigenvalue weighted by Gasteiger charge is 2.30. The molecule has 0 fully saturated rings. The molecule has 132 valence electrons. The van der Waals surface area contributed by atoms with Crippen LogP contribution >= 0.6 is 0 Å². The number of nitrogens with one attached hydrogen (secondary N) is 2. The molecule has 0 unspecified atom stereocenters. The van der Waals surface area contributed by atoms with Crippen molar-refractivity contribution in [2.24, 2.45) is 0 Å². The van der Waals surface area contributed by atoms with Gasteiger partial charge in [-0.2, -0.15) is 0 Å². The van der Waals surface area contributed by atoms with Crippen LogP contribution in [-0.2, 0) is 9.59 Å². The highest BCUT2D eigenvalue weighted by Crippen LogP contribution is 2.20. The Balaban J connectivity index is 1.70. The van der Waals surface area contributed by atoms with Gasteiger partial charge < -0.3 is 15.7 Å². The highest BCUT2D eigenvalue weighted by atomic mass is 16.3. The van der Waals surface area contributed by atoms with Gasteiger partial charge in [-0.05, 0) is 30.3 Å². The van der Waals surface area contributed by atoms with Crippen molar-refractivity contribution in [2.45, 2.75) is 0 Å². The third-order valence-corrected chi connectivity index (χ3v) is 3.63. The number of amides is 3. The predicted molar refractivity (Wildman–Crippen MR) is 94.1 cm³/mol. The molecule has 8 heteroatoms. The quantitative estimate of drug-likeness (QED) is 0.669. The Morgan fingerprint density at radius 3 is 2.65 bits per heavy atom. The molecule has 0 saturated heterocycles. The number of rotatable bonds is 6. The largest absolute Gasteiger partial charge is 0.395 e. The van der Waals surface area contributed by atoms with Gasteiger partial charge in [-0.1, -0.05) is 12.1 Å². The molecular formula is C18H16N4O4. The number of carbonyl (C=O) groups is 3. The molecule has 3 rings (SSSR count). The first-order valence-corrected chi connectivity index (χ1v) is 7.86. The molecule has 26 heavy (non-hydrogen) atoms. The Labute approximate surface area is 149 Å². The first kappa shape index (κ1) is 17.3. The van der Waals surface area contributed by atoms with Gasteiger partial charge in [0.2, 0.25) is 0 Å². The third kappa shape index (κ3) is 3.76. The molecule has 0 atom stereocenters. The van der Waals surface area contributed by atoms with Crippen LogP contribution in [0.15, 0.2) is 60.4 Å². The van der Waals surface area contributed by atoms with E-state index in [1.807, 2.05) is 0 Å². The summed E-state index contributed by atoms with van der Waals surface area (Å²) in [7, 11) is 0. The lowest BCUT2D eigenvalue weighted by molar-refractivity contribution is -0.137. The van der Waals surface area contributed by atoms with E-state index >= 15 is 0 Å². The van der Waals surface area contributed by atoms with Crippen molar-refractivity contribution in [1.82, 2.24) is 9.88 Å². The fourth-order valence-corrected chi connectivity index (χ4v) is 2.43. The van der Waals surface area contributed by atoms with E-state index < -0.39 is 11.8 Å². The predicted octanol–water partition coefficient (Wildman–Crippen LogP) is 0.991. The van der Waals surface area contributed by atoms with Crippen LogP contribution in [-0.4, -0.2) is 45.9 Å². The van der Waals surface area contributed by atoms with Crippen LogP contribution < -0.4 is 10.6 Å². The average Bonchev–Trinajstić information content (AvgIpc) is 2.90. The molecule has 3 N–H and O–H groups in total. The number of carbonyl (C=O) groups excluding carboxylic acids is 3. The van der Waals surface area contributed by atoms with E-state index in [-0.39, 0.29) is 30.4 Å². The molecule has 8 nitrogen and oxygen atoms in total. The Bertz CT molecular complexity index is 880. The van der Waals surface area contributed by atoms with Gasteiger partial charge in [0.05, 0.1) is 13.2 Å². The molecule has 0 saturated carbocycles. The van der Waals surface area contributed by atoms with Gasteiger partial charge in [-0.25, -0.2) is 0 Å². The van der Waals surface area contributed by atoms with Crippen molar-refractivity contribution in [1.29, 1.82) is 0 Å². The number of hydrogen-bond donors (Lipinski definition) is 3. The molecule has 1 aliphatic heterocycles. The van der Waals surface area contributed by atoms with E-state index in [9.17, 15) is 14.4 Å². The maximum Gasteiger partial charge on any atom is 0.277 e. The van der Waals surface area contributed by atoms with E-state index in [0.29, 0.717) is 11.4 Å². The molecule has 2 aromatic rings. The van der Waals surface area contributed by atoms with Crippen molar-refractivity contribution in [3.63, 3.8) is 0 Å². The first-order valence-electron chi connectivity index (χ1n) is 7.86. The monoisotopic (exact) mass is 352 g/mol. The van der Waals surface area contributed by atoms with E-state index in [1.165, 1.54) is 12.3 Å². The summed E-state index contributed by atoms with van der Waals surface area (Å²) >= 11 is 0. The van der Waals surface area contributed by atoms with Crippen molar-refractivity contribution < 1.29 is 19.5 Å². The highest BCUT2D eigenvalue weighted by molar-refractivity contribution is 6.17. The van der Waals surface area contributed by atoms with Crippen LogP contribution in [0.2, 0.25) is 0 Å². The van der Waals surface area contributed by atoms with Crippen LogP contribution in [0.25, 0.3) is 0 Å². The number of β-amino-alcohol motifs (C(OH)–C–C–N with tert-alkyl or cyclic N) is 1. The molecule has 0 radical (unpaired) electrons. The summed E-state index contributed by atoms with van der Waals surface area (Å²) in [5.74, 6) is -1.35. The summed E-state index contributed by atoms with van der Waals surface area (Å²) in [5.41, 5.74) is 1.43. The van der Waals surface area contributed by atoms with Crippen molar-refractivity contribution in [3.05, 3.63) is 66.1 Å². The van der Waals surface area contributed by atoms with E-state index in [1.54, 1.807) is 42.5 Å². The molecule has 3 amide bonds. The summed E-state index contributed by atoms with van der Waals surface area (Å²) in [6, 6.07) is 11.8. The minimum atomic E-state index is -0.507. The number of hydrogen-bond acceptors (Lipinski definition) is 6. The number of aliphatic hydroxyl groups excluding tert-OH is 1. The summed E-state index contributed by atoms with van der Waals surface area (Å²) in [5, 5.41) is 14.5. The SMILES string of the molecule is O=C(Nc1cccc(NC2=CC(=O)N(CCO)C2=O)c1)c1ccccn1. The van der Waals surface area contributed by atoms with E-state index in [4.69, 9.17) is 5.11 Å². The Hall–Kier alpha value is -3.52. The summed E-state index contributed by atoms with van der Waals surface area (Å²) in [4.78, 5) is 41.0. The van der Waals surface area contributed by atoms with Gasteiger partial charge in [-0.15, -0.1) is 0 Å². The average molecular weight is 352 g/mol. The lowest BCUT2D eigenvalue weighted by Crippen LogP contribution is -2.34. The number of aromatic nitrogens is 1. The zero-order chi connectivity index (χ0) is 18.5. The standard InChI is InChI=1S/C18H16N4O4/c23-9-8-22-16(24)11-15(18(22)26)20-12-4-3-5-13(10-12)21-17(25)14-6-1-2-7-19-14/h1-7,10-11,20,23H,8-9H2,(H,21,25). The van der Waals surface area contributed by atoms with E-state index in [2.05, 4.69) is 15.6 Å². The van der Waals surface area contributed by atoms with Crippen LogP contribution in [0.4, 0.5) is 11.4 Å². The van der Waals surface area contributed by atoms with Crippen LogP contribution in [0.3, 0.4) is 0 Å². The molecule has 2 heterocycles. The summed E-state index contributed by atoms with van der Waals surface area (Å²) < 4.78 is 0. The zero-order valence-electron chi connectivity index (χ0n) is 13.7. The molecular weight excluding hydrogens is 336 g/mol.